The Hall–Kier alpha value is -3.33. The van der Waals surface area contributed by atoms with E-state index in [4.69, 9.17) is 9.47 Å². The van der Waals surface area contributed by atoms with Crippen LogP contribution < -0.4 is 25.7 Å². The zero-order valence-corrected chi connectivity index (χ0v) is 16.7. The summed E-state index contributed by atoms with van der Waals surface area (Å²) in [5.74, 6) is 0.842. The average molecular weight is 412 g/mol. The molecule has 9 heteroatoms. The lowest BCUT2D eigenvalue weighted by molar-refractivity contribution is -0.125. The minimum atomic E-state index is -0.454. The third-order valence-electron chi connectivity index (χ3n) is 5.39. The van der Waals surface area contributed by atoms with Gasteiger partial charge in [-0.1, -0.05) is 6.07 Å². The molecule has 30 heavy (non-hydrogen) atoms. The lowest BCUT2D eigenvalue weighted by atomic mass is 10.1. The first-order chi connectivity index (χ1) is 14.5. The van der Waals surface area contributed by atoms with E-state index in [9.17, 15) is 14.4 Å². The molecule has 3 N–H and O–H groups in total. The van der Waals surface area contributed by atoms with E-state index in [-0.39, 0.29) is 30.9 Å². The largest absolute Gasteiger partial charge is 0.454 e. The molecule has 1 fully saturated rings. The van der Waals surface area contributed by atoms with Crippen LogP contribution in [-0.2, 0) is 17.9 Å². The van der Waals surface area contributed by atoms with Gasteiger partial charge in [-0.25, -0.2) is 0 Å². The van der Waals surface area contributed by atoms with E-state index >= 15 is 0 Å². The standard InChI is InChI=1S/C21H24N4O5/c1-22-21(28)16-3-2-8-25(16)11-14-5-6-15(20(27)24-14)19(26)23-10-13-4-7-17-18(9-13)30-12-29-17/h4-7,9,16H,2-3,8,10-12H2,1H3,(H,22,28)(H,23,26)(H,24,27)/t16-/m1/s1. The van der Waals surface area contributed by atoms with Crippen molar-refractivity contribution >= 4 is 11.8 Å². The molecule has 9 nitrogen and oxygen atoms in total. The monoisotopic (exact) mass is 412 g/mol. The molecule has 158 valence electrons. The van der Waals surface area contributed by atoms with Crippen LogP contribution in [0.15, 0.2) is 35.1 Å². The van der Waals surface area contributed by atoms with Gasteiger partial charge in [0.25, 0.3) is 11.5 Å². The molecule has 3 heterocycles. The van der Waals surface area contributed by atoms with Crippen molar-refractivity contribution < 1.29 is 19.1 Å². The van der Waals surface area contributed by atoms with Gasteiger partial charge < -0.3 is 25.1 Å². The predicted molar refractivity (Wildman–Crippen MR) is 108 cm³/mol. The summed E-state index contributed by atoms with van der Waals surface area (Å²) < 4.78 is 10.6. The van der Waals surface area contributed by atoms with Gasteiger partial charge in [0, 0.05) is 25.8 Å². The van der Waals surface area contributed by atoms with Crippen molar-refractivity contribution in [1.29, 1.82) is 0 Å². The van der Waals surface area contributed by atoms with Crippen molar-refractivity contribution in [3.05, 3.63) is 57.5 Å². The second kappa shape index (κ2) is 8.58. The summed E-state index contributed by atoms with van der Waals surface area (Å²) in [5.41, 5.74) is 1.10. The molecule has 2 aliphatic heterocycles. The summed E-state index contributed by atoms with van der Waals surface area (Å²) in [4.78, 5) is 41.7. The topological polar surface area (TPSA) is 113 Å². The summed E-state index contributed by atoms with van der Waals surface area (Å²) in [6.07, 6.45) is 1.73. The summed E-state index contributed by atoms with van der Waals surface area (Å²) in [5, 5.41) is 5.43. The van der Waals surface area contributed by atoms with Crippen LogP contribution in [-0.4, -0.2) is 48.1 Å². The van der Waals surface area contributed by atoms with Gasteiger partial charge >= 0.3 is 0 Å². The highest BCUT2D eigenvalue weighted by atomic mass is 16.7. The molecule has 0 radical (unpaired) electrons. The number of H-pyrrole nitrogens is 1. The predicted octanol–water partition coefficient (Wildman–Crippen LogP) is 0.744. The number of pyridine rings is 1. The minimum Gasteiger partial charge on any atom is -0.454 e. The number of aromatic amines is 1. The van der Waals surface area contributed by atoms with E-state index in [1.165, 1.54) is 6.07 Å². The van der Waals surface area contributed by atoms with Crippen LogP contribution in [0.5, 0.6) is 11.5 Å². The van der Waals surface area contributed by atoms with Gasteiger partial charge in [0.05, 0.1) is 6.04 Å². The summed E-state index contributed by atoms with van der Waals surface area (Å²) in [6.45, 7) is 1.69. The normalized spacial score (nSPS) is 17.7. The number of rotatable bonds is 6. The molecule has 0 bridgehead atoms. The Bertz CT molecular complexity index is 1020. The summed E-state index contributed by atoms with van der Waals surface area (Å²) in [7, 11) is 1.62. The first-order valence-corrected chi connectivity index (χ1v) is 9.89. The maximum atomic E-state index is 12.5. The number of aromatic nitrogens is 1. The van der Waals surface area contributed by atoms with Crippen LogP contribution in [0.3, 0.4) is 0 Å². The molecule has 4 rings (SSSR count). The number of carbonyl (C=O) groups is 2. The first-order valence-electron chi connectivity index (χ1n) is 9.89. The molecule has 0 unspecified atom stereocenters. The van der Waals surface area contributed by atoms with E-state index in [2.05, 4.69) is 15.6 Å². The number of carbonyl (C=O) groups excluding carboxylic acids is 2. The van der Waals surface area contributed by atoms with Crippen molar-refractivity contribution in [2.24, 2.45) is 0 Å². The fourth-order valence-corrected chi connectivity index (χ4v) is 3.81. The number of ether oxygens (including phenoxy) is 2. The molecule has 0 saturated carbocycles. The van der Waals surface area contributed by atoms with E-state index in [1.54, 1.807) is 25.2 Å². The zero-order valence-electron chi connectivity index (χ0n) is 16.7. The maximum absolute atomic E-state index is 12.5. The Balaban J connectivity index is 1.38. The Morgan fingerprint density at radius 3 is 2.83 bits per heavy atom. The molecule has 2 aliphatic rings. The van der Waals surface area contributed by atoms with Gasteiger partial charge in [0.2, 0.25) is 12.7 Å². The molecule has 2 amide bonds. The zero-order chi connectivity index (χ0) is 21.1. The lowest BCUT2D eigenvalue weighted by Crippen LogP contribution is -2.41. The summed E-state index contributed by atoms with van der Waals surface area (Å²) >= 11 is 0. The average Bonchev–Trinajstić information content (AvgIpc) is 3.40. The highest BCUT2D eigenvalue weighted by Gasteiger charge is 2.30. The Kier molecular flexibility index (Phi) is 5.71. The van der Waals surface area contributed by atoms with Crippen LogP contribution in [0.1, 0.15) is 34.5 Å². The molecule has 1 aromatic carbocycles. The molecule has 1 saturated heterocycles. The second-order valence-corrected chi connectivity index (χ2v) is 7.34. The van der Waals surface area contributed by atoms with Crippen LogP contribution in [0, 0.1) is 0 Å². The van der Waals surface area contributed by atoms with Crippen molar-refractivity contribution in [2.45, 2.75) is 32.0 Å². The molecule has 0 aliphatic carbocycles. The van der Waals surface area contributed by atoms with Crippen molar-refractivity contribution in [3.63, 3.8) is 0 Å². The summed E-state index contributed by atoms with van der Waals surface area (Å²) in [6, 6.07) is 8.47. The lowest BCUT2D eigenvalue weighted by Gasteiger charge is -2.22. The number of likely N-dealkylation sites (tertiary alicyclic amines) is 1. The number of nitrogens with one attached hydrogen (secondary N) is 3. The number of hydrogen-bond acceptors (Lipinski definition) is 6. The highest BCUT2D eigenvalue weighted by molar-refractivity contribution is 5.93. The van der Waals surface area contributed by atoms with Gasteiger partial charge in [0.1, 0.15) is 5.56 Å². The number of hydrogen-bond donors (Lipinski definition) is 3. The smallest absolute Gasteiger partial charge is 0.261 e. The van der Waals surface area contributed by atoms with E-state index in [1.807, 2.05) is 11.0 Å². The number of amides is 2. The van der Waals surface area contributed by atoms with Gasteiger partial charge in [0.15, 0.2) is 11.5 Å². The second-order valence-electron chi connectivity index (χ2n) is 7.34. The Morgan fingerprint density at radius 2 is 2.03 bits per heavy atom. The number of likely N-dealkylation sites (N-methyl/N-ethyl adjacent to an activating group) is 1. The van der Waals surface area contributed by atoms with Gasteiger partial charge in [-0.05, 0) is 49.2 Å². The number of fused-ring (bicyclic) bond motifs is 1. The van der Waals surface area contributed by atoms with Crippen LogP contribution in [0.25, 0.3) is 0 Å². The van der Waals surface area contributed by atoms with Crippen molar-refractivity contribution in [3.8, 4) is 11.5 Å². The maximum Gasteiger partial charge on any atom is 0.261 e. The van der Waals surface area contributed by atoms with Gasteiger partial charge in [-0.3, -0.25) is 19.3 Å². The van der Waals surface area contributed by atoms with E-state index < -0.39 is 11.5 Å². The third kappa shape index (κ3) is 4.16. The molecule has 1 atom stereocenters. The number of benzene rings is 1. The Morgan fingerprint density at radius 1 is 1.20 bits per heavy atom. The van der Waals surface area contributed by atoms with Gasteiger partial charge in [-0.2, -0.15) is 0 Å². The SMILES string of the molecule is CNC(=O)[C@H]1CCCN1Cc1ccc(C(=O)NCc2ccc3c(c2)OCO3)c(=O)[nH]1. The van der Waals surface area contributed by atoms with E-state index in [0.29, 0.717) is 23.7 Å². The van der Waals surface area contributed by atoms with Gasteiger partial charge in [-0.15, -0.1) is 0 Å². The van der Waals surface area contributed by atoms with Crippen molar-refractivity contribution in [2.75, 3.05) is 20.4 Å². The fraction of sp³-hybridized carbons (Fsp3) is 0.381. The van der Waals surface area contributed by atoms with Crippen LogP contribution in [0.4, 0.5) is 0 Å². The highest BCUT2D eigenvalue weighted by Crippen LogP contribution is 2.32. The molecule has 1 aromatic heterocycles. The molecular formula is C21H24N4O5. The molecular weight excluding hydrogens is 388 g/mol. The first kappa shape index (κ1) is 20.0. The number of nitrogens with zero attached hydrogens (tertiary/aromatic N) is 1. The van der Waals surface area contributed by atoms with Crippen LogP contribution in [0.2, 0.25) is 0 Å². The Labute approximate surface area is 173 Å². The van der Waals surface area contributed by atoms with Crippen molar-refractivity contribution in [1.82, 2.24) is 20.5 Å². The minimum absolute atomic E-state index is 0.0191. The fourth-order valence-electron chi connectivity index (χ4n) is 3.81. The van der Waals surface area contributed by atoms with Crippen LogP contribution >= 0.6 is 0 Å². The molecule has 2 aromatic rings. The molecule has 0 spiro atoms. The third-order valence-corrected chi connectivity index (χ3v) is 5.39. The van der Waals surface area contributed by atoms with E-state index in [0.717, 1.165) is 24.9 Å². The quantitative estimate of drug-likeness (QED) is 0.645.